The molecule has 0 saturated heterocycles. The van der Waals surface area contributed by atoms with Gasteiger partial charge in [-0.3, -0.25) is 9.78 Å². The lowest BCUT2D eigenvalue weighted by Crippen LogP contribution is -2.09. The molecule has 10 heteroatoms. The summed E-state index contributed by atoms with van der Waals surface area (Å²) >= 11 is 0.747. The van der Waals surface area contributed by atoms with Crippen LogP contribution in [0.15, 0.2) is 23.6 Å². The Morgan fingerprint density at radius 3 is 2.67 bits per heavy atom. The molecule has 1 N–H and O–H groups in total. The Bertz CT molecular complexity index is 657. The van der Waals surface area contributed by atoms with E-state index in [0.29, 0.717) is 0 Å². The fourth-order valence-corrected chi connectivity index (χ4v) is 2.44. The molecule has 0 radical (unpaired) electrons. The average molecular weight is 318 g/mol. The van der Waals surface area contributed by atoms with E-state index in [2.05, 4.69) is 15.1 Å². The second-order valence-corrected chi connectivity index (χ2v) is 4.90. The van der Waals surface area contributed by atoms with Crippen molar-refractivity contribution >= 4 is 17.7 Å². The number of thioether (sulfide) groups is 1. The van der Waals surface area contributed by atoms with E-state index in [1.165, 1.54) is 25.5 Å². The summed E-state index contributed by atoms with van der Waals surface area (Å²) in [5.41, 5.74) is -1.21. The number of carboxylic acids is 1. The van der Waals surface area contributed by atoms with Crippen LogP contribution < -0.4 is 0 Å². The van der Waals surface area contributed by atoms with Crippen molar-refractivity contribution in [3.05, 3.63) is 29.8 Å². The molecule has 2 rings (SSSR count). The summed E-state index contributed by atoms with van der Waals surface area (Å²) in [6.07, 6.45) is -0.701. The van der Waals surface area contributed by atoms with Crippen LogP contribution in [0, 0.1) is 6.92 Å². The third-order valence-electron chi connectivity index (χ3n) is 2.44. The van der Waals surface area contributed by atoms with Gasteiger partial charge in [0.25, 0.3) is 0 Å². The summed E-state index contributed by atoms with van der Waals surface area (Å²) in [6.45, 7) is 1.24. The number of alkyl halides is 3. The maximum absolute atomic E-state index is 12.9. The monoisotopic (exact) mass is 318 g/mol. The topological polar surface area (TPSA) is 80.9 Å². The summed E-state index contributed by atoms with van der Waals surface area (Å²) in [4.78, 5) is 18.3. The normalized spacial score (nSPS) is 11.6. The van der Waals surface area contributed by atoms with Crippen LogP contribution in [0.4, 0.5) is 13.2 Å². The van der Waals surface area contributed by atoms with Gasteiger partial charge in [-0.05, 0) is 6.92 Å². The van der Waals surface area contributed by atoms with Gasteiger partial charge in [0, 0.05) is 18.0 Å². The van der Waals surface area contributed by atoms with E-state index >= 15 is 0 Å². The molecule has 2 aromatic heterocycles. The fraction of sp³-hybridized carbons (Fsp3) is 0.273. The number of aromatic nitrogens is 4. The minimum atomic E-state index is -4.63. The van der Waals surface area contributed by atoms with Crippen molar-refractivity contribution in [2.45, 2.75) is 18.1 Å². The molecule has 0 bridgehead atoms. The number of hydrogen-bond acceptors (Lipinski definition) is 5. The summed E-state index contributed by atoms with van der Waals surface area (Å²) in [5.74, 6) is -1.44. The molecule has 0 atom stereocenters. The highest BCUT2D eigenvalue weighted by Crippen LogP contribution is 2.36. The molecule has 112 valence electrons. The Balaban J connectivity index is 2.54. The summed E-state index contributed by atoms with van der Waals surface area (Å²) in [6, 6.07) is 0. The largest absolute Gasteiger partial charge is 0.481 e. The Morgan fingerprint density at radius 1 is 1.43 bits per heavy atom. The first kappa shape index (κ1) is 15.3. The second-order valence-electron chi connectivity index (χ2n) is 3.93. The summed E-state index contributed by atoms with van der Waals surface area (Å²) in [5, 5.41) is 12.3. The maximum atomic E-state index is 12.9. The number of aliphatic carboxylic acids is 1. The number of nitrogens with zero attached hydrogens (tertiary/aromatic N) is 4. The van der Waals surface area contributed by atoms with Gasteiger partial charge in [-0.25, -0.2) is 9.67 Å². The van der Waals surface area contributed by atoms with E-state index in [9.17, 15) is 18.0 Å². The maximum Gasteiger partial charge on any atom is 0.435 e. The third-order valence-corrected chi connectivity index (χ3v) is 3.58. The number of carboxylic acid groups (broad SMARTS) is 1. The van der Waals surface area contributed by atoms with Crippen LogP contribution in [-0.4, -0.2) is 36.6 Å². The van der Waals surface area contributed by atoms with Crippen molar-refractivity contribution < 1.29 is 23.1 Å². The van der Waals surface area contributed by atoms with E-state index in [1.54, 1.807) is 0 Å². The predicted molar refractivity (Wildman–Crippen MR) is 67.3 cm³/mol. The van der Waals surface area contributed by atoms with Gasteiger partial charge in [-0.2, -0.15) is 18.3 Å². The SMILES string of the molecule is Cc1c(C(F)(F)F)nn(-c2cnccn2)c1SCC(=O)O. The number of carbonyl (C=O) groups is 1. The van der Waals surface area contributed by atoms with Crippen molar-refractivity contribution in [3.63, 3.8) is 0 Å². The van der Waals surface area contributed by atoms with Crippen LogP contribution in [-0.2, 0) is 11.0 Å². The van der Waals surface area contributed by atoms with Gasteiger partial charge in [0.1, 0.15) is 5.03 Å². The quantitative estimate of drug-likeness (QED) is 0.870. The highest BCUT2D eigenvalue weighted by Gasteiger charge is 2.38. The standard InChI is InChI=1S/C11H9F3N4O2S/c1-6-9(11(12,13)14)17-18(7-4-15-2-3-16-7)10(6)21-5-8(19)20/h2-4H,5H2,1H3,(H,19,20). The van der Waals surface area contributed by atoms with Crippen LogP contribution in [0.3, 0.4) is 0 Å². The zero-order valence-electron chi connectivity index (χ0n) is 10.6. The van der Waals surface area contributed by atoms with E-state index in [4.69, 9.17) is 5.11 Å². The molecule has 0 amide bonds. The second kappa shape index (κ2) is 5.72. The van der Waals surface area contributed by atoms with Crippen LogP contribution >= 0.6 is 11.8 Å². The first-order valence-electron chi connectivity index (χ1n) is 5.58. The zero-order valence-corrected chi connectivity index (χ0v) is 11.4. The van der Waals surface area contributed by atoms with Crippen LogP contribution in [0.2, 0.25) is 0 Å². The molecule has 2 aromatic rings. The molecule has 0 aliphatic rings. The van der Waals surface area contributed by atoms with Gasteiger partial charge in [0.05, 0.1) is 11.9 Å². The van der Waals surface area contributed by atoms with Gasteiger partial charge in [0.2, 0.25) is 0 Å². The van der Waals surface area contributed by atoms with Crippen LogP contribution in [0.1, 0.15) is 11.3 Å². The molecular formula is C11H9F3N4O2S. The van der Waals surface area contributed by atoms with E-state index in [1.807, 2.05) is 0 Å². The Hall–Kier alpha value is -2.10. The Morgan fingerprint density at radius 2 is 2.14 bits per heavy atom. The van der Waals surface area contributed by atoms with Crippen molar-refractivity contribution in [1.29, 1.82) is 0 Å². The highest BCUT2D eigenvalue weighted by atomic mass is 32.2. The summed E-state index contributed by atoms with van der Waals surface area (Å²) < 4.78 is 39.7. The van der Waals surface area contributed by atoms with Gasteiger partial charge >= 0.3 is 12.1 Å². The molecule has 21 heavy (non-hydrogen) atoms. The lowest BCUT2D eigenvalue weighted by Gasteiger charge is -2.05. The fourth-order valence-electron chi connectivity index (χ4n) is 1.61. The van der Waals surface area contributed by atoms with E-state index < -0.39 is 17.8 Å². The molecule has 0 unspecified atom stereocenters. The number of hydrogen-bond donors (Lipinski definition) is 1. The molecule has 0 aliphatic carbocycles. The van der Waals surface area contributed by atoms with Crippen molar-refractivity contribution in [3.8, 4) is 5.82 Å². The third kappa shape index (κ3) is 3.32. The summed E-state index contributed by atoms with van der Waals surface area (Å²) in [7, 11) is 0. The minimum absolute atomic E-state index is 0.0743. The van der Waals surface area contributed by atoms with Gasteiger partial charge in [-0.1, -0.05) is 11.8 Å². The lowest BCUT2D eigenvalue weighted by molar-refractivity contribution is -0.141. The molecule has 0 aliphatic heterocycles. The molecule has 0 aromatic carbocycles. The lowest BCUT2D eigenvalue weighted by atomic mass is 10.3. The van der Waals surface area contributed by atoms with E-state index in [0.717, 1.165) is 16.4 Å². The first-order chi connectivity index (χ1) is 9.80. The zero-order chi connectivity index (χ0) is 15.6. The van der Waals surface area contributed by atoms with E-state index in [-0.39, 0.29) is 22.2 Å². The van der Waals surface area contributed by atoms with Gasteiger partial charge in [0.15, 0.2) is 11.5 Å². The van der Waals surface area contributed by atoms with Crippen LogP contribution in [0.5, 0.6) is 0 Å². The van der Waals surface area contributed by atoms with Crippen molar-refractivity contribution in [2.24, 2.45) is 0 Å². The molecule has 0 saturated carbocycles. The highest BCUT2D eigenvalue weighted by molar-refractivity contribution is 7.99. The molecule has 0 fully saturated rings. The molecule has 0 spiro atoms. The smallest absolute Gasteiger partial charge is 0.435 e. The van der Waals surface area contributed by atoms with Gasteiger partial charge in [-0.15, -0.1) is 0 Å². The predicted octanol–water partition coefficient (Wildman–Crippen LogP) is 2.17. The first-order valence-corrected chi connectivity index (χ1v) is 6.57. The Kier molecular flexibility index (Phi) is 4.16. The van der Waals surface area contributed by atoms with Gasteiger partial charge < -0.3 is 5.11 Å². The number of rotatable bonds is 4. The Labute approximate surface area is 121 Å². The minimum Gasteiger partial charge on any atom is -0.481 e. The van der Waals surface area contributed by atoms with Crippen molar-refractivity contribution in [1.82, 2.24) is 19.7 Å². The average Bonchev–Trinajstić information content (AvgIpc) is 2.74. The number of halogens is 3. The molecular weight excluding hydrogens is 309 g/mol. The molecule has 2 heterocycles. The molecule has 6 nitrogen and oxygen atoms in total. The van der Waals surface area contributed by atoms with Crippen molar-refractivity contribution in [2.75, 3.05) is 5.75 Å². The van der Waals surface area contributed by atoms with Crippen LogP contribution in [0.25, 0.3) is 5.82 Å².